The van der Waals surface area contributed by atoms with E-state index in [1.54, 1.807) is 43.7 Å². The van der Waals surface area contributed by atoms with E-state index in [-0.39, 0.29) is 22.3 Å². The molecule has 0 saturated heterocycles. The smallest absolute Gasteiger partial charge is 0.165 e. The average molecular weight is 521 g/mol. The van der Waals surface area contributed by atoms with Crippen LogP contribution in [-0.4, -0.2) is 9.97 Å². The molecule has 0 bridgehead atoms. The Labute approximate surface area is 216 Å². The SMILES string of the molecule is Cc1ccc(Nc2c(C#N)cnc3c(Cl)cc(N[C@H](C4=CNNN4)c4cccnc4)cc23)c(F)c1Cl. The number of nitrogens with one attached hydrogen (secondary N) is 5. The van der Waals surface area contributed by atoms with Gasteiger partial charge in [0.05, 0.1) is 44.2 Å². The minimum absolute atomic E-state index is 0.0103. The molecule has 0 saturated carbocycles. The maximum atomic E-state index is 14.9. The molecular formula is C25H19Cl2FN8. The Bertz CT molecular complexity index is 1540. The van der Waals surface area contributed by atoms with Crippen LogP contribution in [0.3, 0.4) is 0 Å². The standard InChI is InChI=1S/C25H19Cl2FN8/c1-13-4-5-19(22(28)21(13)27)34-23-15(9-29)11-31-25-17(23)7-16(8-18(25)26)33-24(20-12-32-36-35-20)14-3-2-6-30-10-14/h2-8,10-12,24,32-33,35-36H,1H3,(H,31,34)/t24-/m0/s1. The van der Waals surface area contributed by atoms with Crippen molar-refractivity contribution in [3.8, 4) is 6.07 Å². The van der Waals surface area contributed by atoms with Crippen molar-refractivity contribution in [3.63, 3.8) is 0 Å². The third kappa shape index (κ3) is 4.45. The van der Waals surface area contributed by atoms with E-state index in [1.807, 2.05) is 18.2 Å². The van der Waals surface area contributed by atoms with E-state index in [9.17, 15) is 9.65 Å². The second-order valence-electron chi connectivity index (χ2n) is 8.05. The van der Waals surface area contributed by atoms with Gasteiger partial charge in [0.1, 0.15) is 6.07 Å². The minimum atomic E-state index is -0.609. The predicted octanol–water partition coefficient (Wildman–Crippen LogP) is 5.61. The van der Waals surface area contributed by atoms with E-state index in [1.165, 1.54) is 6.20 Å². The monoisotopic (exact) mass is 520 g/mol. The number of nitrogens with zero attached hydrogens (tertiary/aromatic N) is 3. The molecular weight excluding hydrogens is 502 g/mol. The van der Waals surface area contributed by atoms with Gasteiger partial charge in [-0.25, -0.2) is 4.39 Å². The molecule has 0 fully saturated rings. The molecule has 2 aromatic carbocycles. The Hall–Kier alpha value is -4.10. The molecule has 1 aliphatic rings. The molecule has 2 aromatic heterocycles. The zero-order valence-electron chi connectivity index (χ0n) is 18.8. The summed E-state index contributed by atoms with van der Waals surface area (Å²) < 4.78 is 14.9. The Kier molecular flexibility index (Phi) is 6.48. The molecule has 1 atom stereocenters. The van der Waals surface area contributed by atoms with Crippen molar-refractivity contribution in [1.29, 1.82) is 5.26 Å². The van der Waals surface area contributed by atoms with Crippen molar-refractivity contribution in [3.05, 3.63) is 99.4 Å². The van der Waals surface area contributed by atoms with Crippen LogP contribution >= 0.6 is 23.2 Å². The molecule has 5 rings (SSSR count). The van der Waals surface area contributed by atoms with Crippen LogP contribution in [0.1, 0.15) is 22.7 Å². The van der Waals surface area contributed by atoms with Crippen molar-refractivity contribution >= 4 is 51.2 Å². The zero-order valence-corrected chi connectivity index (χ0v) is 20.3. The number of hydrazine groups is 2. The highest BCUT2D eigenvalue weighted by molar-refractivity contribution is 6.36. The van der Waals surface area contributed by atoms with E-state index < -0.39 is 5.82 Å². The van der Waals surface area contributed by atoms with Gasteiger partial charge in [-0.05, 0) is 42.3 Å². The quantitative estimate of drug-likeness (QED) is 0.223. The Morgan fingerprint density at radius 3 is 2.75 bits per heavy atom. The highest BCUT2D eigenvalue weighted by atomic mass is 35.5. The van der Waals surface area contributed by atoms with E-state index >= 15 is 0 Å². The zero-order chi connectivity index (χ0) is 25.2. The number of aryl methyl sites for hydroxylation is 1. The molecule has 0 unspecified atom stereocenters. The van der Waals surface area contributed by atoms with Gasteiger partial charge in [0.15, 0.2) is 5.82 Å². The van der Waals surface area contributed by atoms with Gasteiger partial charge in [-0.1, -0.05) is 35.3 Å². The number of pyridine rings is 2. The first-order chi connectivity index (χ1) is 17.5. The number of fused-ring (bicyclic) bond motifs is 1. The highest BCUT2D eigenvalue weighted by Gasteiger charge is 2.21. The molecule has 36 heavy (non-hydrogen) atoms. The number of halogens is 3. The summed E-state index contributed by atoms with van der Waals surface area (Å²) >= 11 is 12.7. The molecule has 4 aromatic rings. The van der Waals surface area contributed by atoms with Crippen molar-refractivity contribution in [2.45, 2.75) is 13.0 Å². The van der Waals surface area contributed by atoms with Gasteiger partial charge in [0.25, 0.3) is 0 Å². The van der Waals surface area contributed by atoms with E-state index in [2.05, 4.69) is 43.1 Å². The lowest BCUT2D eigenvalue weighted by Gasteiger charge is -2.22. The summed E-state index contributed by atoms with van der Waals surface area (Å²) in [5, 5.41) is 17.2. The highest BCUT2D eigenvalue weighted by Crippen LogP contribution is 2.38. The Morgan fingerprint density at radius 1 is 1.17 bits per heavy atom. The number of aromatic nitrogens is 2. The molecule has 0 radical (unpaired) electrons. The summed E-state index contributed by atoms with van der Waals surface area (Å²) in [4.78, 5) is 8.60. The maximum Gasteiger partial charge on any atom is 0.165 e. The summed E-state index contributed by atoms with van der Waals surface area (Å²) in [6.07, 6.45) is 6.65. The molecule has 180 valence electrons. The summed E-state index contributed by atoms with van der Waals surface area (Å²) in [6.45, 7) is 1.72. The van der Waals surface area contributed by atoms with Crippen LogP contribution in [0.5, 0.6) is 0 Å². The van der Waals surface area contributed by atoms with Gasteiger partial charge >= 0.3 is 0 Å². The molecule has 11 heteroatoms. The molecule has 3 heterocycles. The summed E-state index contributed by atoms with van der Waals surface area (Å²) in [5.74, 6) is -0.609. The van der Waals surface area contributed by atoms with Crippen molar-refractivity contribution < 1.29 is 4.39 Å². The first-order valence-corrected chi connectivity index (χ1v) is 11.6. The van der Waals surface area contributed by atoms with Gasteiger partial charge in [-0.3, -0.25) is 9.97 Å². The number of anilines is 3. The molecule has 8 nitrogen and oxygen atoms in total. The fraction of sp³-hybridized carbons (Fsp3) is 0.0800. The van der Waals surface area contributed by atoms with Crippen LogP contribution in [0.25, 0.3) is 10.9 Å². The normalized spacial score (nSPS) is 13.4. The first-order valence-electron chi connectivity index (χ1n) is 10.8. The van der Waals surface area contributed by atoms with Gasteiger partial charge in [0, 0.05) is 35.9 Å². The molecule has 1 aliphatic heterocycles. The second-order valence-corrected chi connectivity index (χ2v) is 8.84. The number of hydrogen-bond donors (Lipinski definition) is 5. The summed E-state index contributed by atoms with van der Waals surface area (Å²) in [7, 11) is 0. The van der Waals surface area contributed by atoms with Crippen LogP contribution in [0.2, 0.25) is 10.0 Å². The first kappa shape index (κ1) is 23.6. The van der Waals surface area contributed by atoms with Crippen LogP contribution in [-0.2, 0) is 0 Å². The Morgan fingerprint density at radius 2 is 2.03 bits per heavy atom. The van der Waals surface area contributed by atoms with Crippen molar-refractivity contribution in [1.82, 2.24) is 26.4 Å². The molecule has 0 amide bonds. The number of hydrogen-bond acceptors (Lipinski definition) is 8. The molecule has 5 N–H and O–H groups in total. The largest absolute Gasteiger partial charge is 0.373 e. The summed E-state index contributed by atoms with van der Waals surface area (Å²) in [6, 6.07) is 12.4. The van der Waals surface area contributed by atoms with E-state index in [0.29, 0.717) is 32.9 Å². The average Bonchev–Trinajstić information content (AvgIpc) is 3.43. The van der Waals surface area contributed by atoms with Crippen LogP contribution in [0, 0.1) is 24.1 Å². The van der Waals surface area contributed by atoms with Crippen molar-refractivity contribution in [2.75, 3.05) is 10.6 Å². The van der Waals surface area contributed by atoms with Crippen LogP contribution in [0.15, 0.2) is 66.9 Å². The molecule has 0 spiro atoms. The maximum absolute atomic E-state index is 14.9. The summed E-state index contributed by atoms with van der Waals surface area (Å²) in [5.41, 5.74) is 13.0. The lowest BCUT2D eigenvalue weighted by atomic mass is 10.0. The van der Waals surface area contributed by atoms with Gasteiger partial charge in [-0.2, -0.15) is 10.8 Å². The fourth-order valence-corrected chi connectivity index (χ4v) is 4.34. The van der Waals surface area contributed by atoms with Gasteiger partial charge in [0.2, 0.25) is 0 Å². The minimum Gasteiger partial charge on any atom is -0.373 e. The third-order valence-corrected chi connectivity index (χ3v) is 6.48. The lowest BCUT2D eigenvalue weighted by molar-refractivity contribution is 0.583. The predicted molar refractivity (Wildman–Crippen MR) is 139 cm³/mol. The molecule has 0 aliphatic carbocycles. The number of nitriles is 1. The fourth-order valence-electron chi connectivity index (χ4n) is 3.91. The third-order valence-electron chi connectivity index (χ3n) is 5.73. The number of benzene rings is 2. The van der Waals surface area contributed by atoms with Crippen molar-refractivity contribution in [2.24, 2.45) is 0 Å². The number of rotatable bonds is 6. The van der Waals surface area contributed by atoms with Crippen LogP contribution < -0.4 is 27.0 Å². The Balaban J connectivity index is 1.62. The van der Waals surface area contributed by atoms with Gasteiger partial charge < -0.3 is 21.5 Å². The van der Waals surface area contributed by atoms with E-state index in [0.717, 1.165) is 11.3 Å². The lowest BCUT2D eigenvalue weighted by Crippen LogP contribution is -2.33. The van der Waals surface area contributed by atoms with Gasteiger partial charge in [-0.15, -0.1) is 0 Å². The van der Waals surface area contributed by atoms with E-state index in [4.69, 9.17) is 23.2 Å². The topological polar surface area (TPSA) is 110 Å². The van der Waals surface area contributed by atoms with Crippen LogP contribution in [0.4, 0.5) is 21.5 Å². The second kappa shape index (κ2) is 9.87.